The number of nitrogens with one attached hydrogen (secondary N) is 3. The Morgan fingerprint density at radius 2 is 0.985 bits per heavy atom. The second kappa shape index (κ2) is 22.4. The predicted octanol–water partition coefficient (Wildman–Crippen LogP) is 9.59. The lowest BCUT2D eigenvalue weighted by Crippen LogP contribution is -2.54. The largest absolute Gasteiger partial charge is 0.390 e. The molecule has 0 aliphatic heterocycles. The average Bonchev–Trinajstić information content (AvgIpc) is 3.24. The van der Waals surface area contributed by atoms with E-state index in [1.54, 1.807) is 0 Å². The number of carbonyl (C=O) groups excluding carboxylic acids is 1. The minimum absolute atomic E-state index is 0.0160. The fourth-order valence-corrected chi connectivity index (χ4v) is 9.49. The number of aliphatic hydroxyl groups is 2. The van der Waals surface area contributed by atoms with E-state index in [4.69, 9.17) is 11.5 Å². The molecule has 12 heteroatoms. The molecular weight excluding hydrogens is 831 g/mol. The van der Waals surface area contributed by atoms with E-state index in [1.807, 2.05) is 0 Å². The van der Waals surface area contributed by atoms with Crippen LogP contribution >= 0.6 is 0 Å². The van der Waals surface area contributed by atoms with Crippen molar-refractivity contribution in [3.05, 3.63) is 142 Å². The quantitative estimate of drug-likeness (QED) is 0.0592. The van der Waals surface area contributed by atoms with Crippen LogP contribution in [0, 0.1) is 23.3 Å². The number of halogens is 4. The topological polar surface area (TPSA) is 146 Å². The zero-order valence-corrected chi connectivity index (χ0v) is 39.3. The number of urea groups is 1. The molecule has 65 heavy (non-hydrogen) atoms. The Kier molecular flexibility index (Phi) is 17.8. The van der Waals surface area contributed by atoms with Gasteiger partial charge in [-0.25, -0.2) is 22.4 Å². The maximum Gasteiger partial charge on any atom is 0.312 e. The van der Waals surface area contributed by atoms with Crippen molar-refractivity contribution in [2.24, 2.45) is 11.5 Å². The fourth-order valence-electron chi connectivity index (χ4n) is 9.49. The summed E-state index contributed by atoms with van der Waals surface area (Å²) in [6, 6.07) is 21.7. The van der Waals surface area contributed by atoms with Crippen LogP contribution in [0.1, 0.15) is 139 Å². The van der Waals surface area contributed by atoms with E-state index in [0.717, 1.165) is 63.5 Å². The lowest BCUT2D eigenvalue weighted by Gasteiger charge is -2.41. The van der Waals surface area contributed by atoms with Gasteiger partial charge in [-0.15, -0.1) is 0 Å². The molecule has 6 rings (SSSR count). The van der Waals surface area contributed by atoms with Crippen LogP contribution < -0.4 is 27.4 Å². The van der Waals surface area contributed by atoms with Crippen LogP contribution in [0.15, 0.2) is 84.9 Å². The first kappa shape index (κ1) is 51.7. The molecule has 0 bridgehead atoms. The van der Waals surface area contributed by atoms with E-state index >= 15 is 0 Å². The average molecular weight is 904 g/mol. The lowest BCUT2D eigenvalue weighted by atomic mass is 9.74. The van der Waals surface area contributed by atoms with Gasteiger partial charge in [0.2, 0.25) is 0 Å². The summed E-state index contributed by atoms with van der Waals surface area (Å²) in [4.78, 5) is 11.6. The third-order valence-corrected chi connectivity index (χ3v) is 13.3. The van der Waals surface area contributed by atoms with E-state index < -0.39 is 53.6 Å². The minimum Gasteiger partial charge on any atom is -0.390 e. The Balaban J connectivity index is 0.000000245. The van der Waals surface area contributed by atoms with Crippen LogP contribution in [0.25, 0.3) is 0 Å². The molecule has 0 aromatic heterocycles. The summed E-state index contributed by atoms with van der Waals surface area (Å²) < 4.78 is 54.3. The van der Waals surface area contributed by atoms with Crippen LogP contribution in [-0.4, -0.2) is 53.6 Å². The Hall–Kier alpha value is -4.33. The van der Waals surface area contributed by atoms with Crippen LogP contribution in [0.4, 0.5) is 22.4 Å². The molecule has 4 aromatic carbocycles. The number of hydrogen-bond acceptors (Lipinski definition) is 6. The molecule has 356 valence electrons. The SMILES string of the molecule is CC(C)(C)c1cccc(C2(NC[C@@H](O)[C@@H](N)Cc3cc(F)cc(F)c3)CCCCC2)c1.CC(C)(C)c1cccc(C2(NC[C@@H](O)[C@H](Cc3cc(F)cc(F)c3)NC(N)=O)CCCCC2)c1. The third-order valence-electron chi connectivity index (χ3n) is 13.3. The van der Waals surface area contributed by atoms with Crippen molar-refractivity contribution in [3.8, 4) is 0 Å². The number of aliphatic hydroxyl groups excluding tert-OH is 2. The van der Waals surface area contributed by atoms with Crippen LogP contribution in [0.2, 0.25) is 0 Å². The van der Waals surface area contributed by atoms with Crippen molar-refractivity contribution in [2.75, 3.05) is 13.1 Å². The van der Waals surface area contributed by atoms with E-state index in [2.05, 4.69) is 106 Å². The Morgan fingerprint density at radius 1 is 0.600 bits per heavy atom. The van der Waals surface area contributed by atoms with Gasteiger partial charge in [-0.1, -0.05) is 129 Å². The lowest BCUT2D eigenvalue weighted by molar-refractivity contribution is 0.106. The van der Waals surface area contributed by atoms with E-state index in [0.29, 0.717) is 17.7 Å². The standard InChI is InChI=1S/C27H37F2N3O2.C26H36F2N2O/c1-26(2,3)19-8-7-9-20(15-19)27(10-5-4-6-11-27)31-17-24(33)23(32-25(30)34)14-18-12-21(28)16-22(29)13-18;1-25(2,3)19-8-7-9-20(15-19)26(10-5-4-6-11-26)30-17-24(31)23(29)14-18-12-21(27)16-22(28)13-18/h7-9,12-13,15-16,23-24,31,33H,4-6,10-11,14,17H2,1-3H3,(H3,30,32,34);7-9,12-13,15-16,23-24,30-31H,4-6,10-11,14,17,29H2,1-3H3/t2*23-,24+/m00/s1. The van der Waals surface area contributed by atoms with Gasteiger partial charge in [-0.3, -0.25) is 0 Å². The first-order valence-electron chi connectivity index (χ1n) is 23.4. The van der Waals surface area contributed by atoms with Crippen LogP contribution in [0.5, 0.6) is 0 Å². The monoisotopic (exact) mass is 904 g/mol. The summed E-state index contributed by atoms with van der Waals surface area (Å²) in [6.07, 6.45) is 9.15. The molecular formula is C53H73F4N5O3. The number of primary amides is 1. The minimum atomic E-state index is -1.01. The molecule has 4 atom stereocenters. The second-order valence-corrected chi connectivity index (χ2v) is 20.6. The van der Waals surface area contributed by atoms with Gasteiger partial charge in [0.25, 0.3) is 0 Å². The number of amides is 2. The molecule has 2 aliphatic rings. The highest BCUT2D eigenvalue weighted by molar-refractivity contribution is 5.72. The molecule has 2 amide bonds. The zero-order chi connectivity index (χ0) is 47.6. The summed E-state index contributed by atoms with van der Waals surface area (Å²) in [5.41, 5.74) is 16.9. The van der Waals surface area contributed by atoms with Crippen molar-refractivity contribution in [1.29, 1.82) is 0 Å². The Labute approximate surface area is 384 Å². The molecule has 4 aromatic rings. The van der Waals surface area contributed by atoms with Gasteiger partial charge in [-0.05, 0) is 107 Å². The Morgan fingerprint density at radius 3 is 1.37 bits per heavy atom. The molecule has 9 N–H and O–H groups in total. The summed E-state index contributed by atoms with van der Waals surface area (Å²) in [5.74, 6) is -2.68. The van der Waals surface area contributed by atoms with Crippen molar-refractivity contribution in [1.82, 2.24) is 16.0 Å². The molecule has 2 aliphatic carbocycles. The maximum atomic E-state index is 13.7. The number of carbonyl (C=O) groups is 1. The maximum absolute atomic E-state index is 13.7. The molecule has 0 spiro atoms. The highest BCUT2D eigenvalue weighted by Crippen LogP contribution is 2.40. The third kappa shape index (κ3) is 14.8. The number of rotatable bonds is 15. The van der Waals surface area contributed by atoms with E-state index in [1.165, 1.54) is 59.4 Å². The van der Waals surface area contributed by atoms with Crippen molar-refractivity contribution in [2.45, 2.75) is 165 Å². The van der Waals surface area contributed by atoms with Crippen molar-refractivity contribution in [3.63, 3.8) is 0 Å². The first-order valence-corrected chi connectivity index (χ1v) is 23.4. The van der Waals surface area contributed by atoms with Gasteiger partial charge in [0.1, 0.15) is 23.3 Å². The van der Waals surface area contributed by atoms with Crippen molar-refractivity contribution < 1.29 is 32.6 Å². The normalized spacial score (nSPS) is 18.1. The fraction of sp³-hybridized carbons (Fsp3) is 0.528. The molecule has 0 heterocycles. The molecule has 0 saturated heterocycles. The smallest absolute Gasteiger partial charge is 0.312 e. The van der Waals surface area contributed by atoms with Gasteiger partial charge in [0.05, 0.1) is 18.2 Å². The summed E-state index contributed by atoms with van der Waals surface area (Å²) in [6.45, 7) is 13.7. The molecule has 0 radical (unpaired) electrons. The van der Waals surface area contributed by atoms with E-state index in [-0.39, 0.29) is 41.3 Å². The van der Waals surface area contributed by atoms with Gasteiger partial charge >= 0.3 is 6.03 Å². The predicted molar refractivity (Wildman–Crippen MR) is 252 cm³/mol. The highest BCUT2D eigenvalue weighted by atomic mass is 19.1. The van der Waals surface area contributed by atoms with E-state index in [9.17, 15) is 32.6 Å². The molecule has 2 saturated carbocycles. The van der Waals surface area contributed by atoms with Crippen LogP contribution in [0.3, 0.4) is 0 Å². The summed E-state index contributed by atoms with van der Waals surface area (Å²) in [7, 11) is 0. The van der Waals surface area contributed by atoms with Gasteiger partial charge in [0.15, 0.2) is 0 Å². The Bertz CT molecular complexity index is 2120. The molecule has 0 unspecified atom stereocenters. The zero-order valence-electron chi connectivity index (χ0n) is 39.3. The molecule has 2 fully saturated rings. The summed E-state index contributed by atoms with van der Waals surface area (Å²) in [5, 5.41) is 31.5. The number of benzene rings is 4. The van der Waals surface area contributed by atoms with Gasteiger partial charge in [-0.2, -0.15) is 0 Å². The number of hydrogen-bond donors (Lipinski definition) is 7. The first-order chi connectivity index (χ1) is 30.6. The van der Waals surface area contributed by atoms with Crippen LogP contribution in [-0.2, 0) is 34.7 Å². The summed E-state index contributed by atoms with van der Waals surface area (Å²) >= 11 is 0. The number of nitrogens with two attached hydrogens (primary N) is 2. The highest BCUT2D eigenvalue weighted by Gasteiger charge is 2.37. The van der Waals surface area contributed by atoms with Crippen molar-refractivity contribution >= 4 is 6.03 Å². The second-order valence-electron chi connectivity index (χ2n) is 20.6. The molecule has 8 nitrogen and oxygen atoms in total. The van der Waals surface area contributed by atoms with Gasteiger partial charge in [0, 0.05) is 42.3 Å². The van der Waals surface area contributed by atoms with Gasteiger partial charge < -0.3 is 37.6 Å².